The third-order valence-electron chi connectivity index (χ3n) is 2.22. The number of nitrogens with one attached hydrogen (secondary N) is 1. The van der Waals surface area contributed by atoms with Gasteiger partial charge in [-0.2, -0.15) is 0 Å². The molecule has 3 nitrogen and oxygen atoms in total. The minimum atomic E-state index is -2.73. The largest absolute Gasteiger partial charge is 0.331 e. The molecule has 1 unspecified atom stereocenters. The Balaban J connectivity index is 2.50. The SMILES string of the molecule is CN(C)C(=O)NC1CCCC1(F)F. The Morgan fingerprint density at radius 2 is 2.15 bits per heavy atom. The number of halogens is 2. The van der Waals surface area contributed by atoms with Crippen LogP contribution < -0.4 is 5.32 Å². The molecule has 1 N–H and O–H groups in total. The Morgan fingerprint density at radius 3 is 2.54 bits per heavy atom. The zero-order valence-corrected chi connectivity index (χ0v) is 7.81. The molecule has 5 heteroatoms. The molecule has 76 valence electrons. The third-order valence-corrected chi connectivity index (χ3v) is 2.22. The Bertz CT molecular complexity index is 206. The van der Waals surface area contributed by atoms with E-state index in [0.29, 0.717) is 12.8 Å². The van der Waals surface area contributed by atoms with Crippen molar-refractivity contribution in [1.29, 1.82) is 0 Å². The minimum absolute atomic E-state index is 0.120. The second kappa shape index (κ2) is 3.47. The second-order valence-electron chi connectivity index (χ2n) is 3.55. The summed E-state index contributed by atoms with van der Waals surface area (Å²) in [5, 5.41) is 2.31. The van der Waals surface area contributed by atoms with Gasteiger partial charge in [-0.25, -0.2) is 13.6 Å². The fraction of sp³-hybridized carbons (Fsp3) is 0.875. The van der Waals surface area contributed by atoms with Gasteiger partial charge in [0, 0.05) is 20.5 Å². The zero-order chi connectivity index (χ0) is 10.1. The summed E-state index contributed by atoms with van der Waals surface area (Å²) in [5.74, 6) is -2.73. The second-order valence-corrected chi connectivity index (χ2v) is 3.55. The monoisotopic (exact) mass is 192 g/mol. The van der Waals surface area contributed by atoms with Crippen molar-refractivity contribution >= 4 is 6.03 Å². The van der Waals surface area contributed by atoms with Gasteiger partial charge in [-0.3, -0.25) is 0 Å². The number of rotatable bonds is 1. The molecule has 0 aromatic heterocycles. The van der Waals surface area contributed by atoms with Crippen molar-refractivity contribution in [2.45, 2.75) is 31.2 Å². The fourth-order valence-electron chi connectivity index (χ4n) is 1.38. The molecule has 1 fully saturated rings. The molecule has 0 heterocycles. The molecule has 2 amide bonds. The summed E-state index contributed by atoms with van der Waals surface area (Å²) in [6.07, 6.45) is 0.726. The molecule has 13 heavy (non-hydrogen) atoms. The number of urea groups is 1. The number of carbonyl (C=O) groups is 1. The van der Waals surface area contributed by atoms with Crippen LogP contribution in [-0.2, 0) is 0 Å². The molecule has 1 saturated carbocycles. The molecular weight excluding hydrogens is 178 g/mol. The van der Waals surface area contributed by atoms with Gasteiger partial charge in [0.25, 0.3) is 5.92 Å². The Kier molecular flexibility index (Phi) is 2.73. The Labute approximate surface area is 76.1 Å². The molecule has 0 bridgehead atoms. The number of nitrogens with zero attached hydrogens (tertiary/aromatic N) is 1. The highest BCUT2D eigenvalue weighted by atomic mass is 19.3. The highest BCUT2D eigenvalue weighted by Crippen LogP contribution is 2.34. The topological polar surface area (TPSA) is 32.3 Å². The summed E-state index contributed by atoms with van der Waals surface area (Å²) in [6.45, 7) is 0. The highest BCUT2D eigenvalue weighted by Gasteiger charge is 2.44. The molecular formula is C8H14F2N2O. The van der Waals surface area contributed by atoms with E-state index >= 15 is 0 Å². The average molecular weight is 192 g/mol. The molecule has 0 spiro atoms. The quantitative estimate of drug-likeness (QED) is 0.670. The average Bonchev–Trinajstić information content (AvgIpc) is 2.30. The fourth-order valence-corrected chi connectivity index (χ4v) is 1.38. The summed E-state index contributed by atoms with van der Waals surface area (Å²) < 4.78 is 26.0. The molecule has 0 saturated heterocycles. The van der Waals surface area contributed by atoms with E-state index in [1.807, 2.05) is 0 Å². The first-order chi connectivity index (χ1) is 5.93. The first-order valence-corrected chi connectivity index (χ1v) is 4.29. The van der Waals surface area contributed by atoms with E-state index in [9.17, 15) is 13.6 Å². The maximum Gasteiger partial charge on any atom is 0.317 e. The van der Waals surface area contributed by atoms with Gasteiger partial charge < -0.3 is 10.2 Å². The molecule has 0 aliphatic heterocycles. The molecule has 0 aromatic rings. The van der Waals surface area contributed by atoms with E-state index < -0.39 is 18.0 Å². The summed E-state index contributed by atoms with van der Waals surface area (Å²) in [5.41, 5.74) is 0. The number of hydrogen-bond donors (Lipinski definition) is 1. The van der Waals surface area contributed by atoms with Crippen LogP contribution in [0.15, 0.2) is 0 Å². The number of alkyl halides is 2. The van der Waals surface area contributed by atoms with Crippen LogP contribution in [0.1, 0.15) is 19.3 Å². The summed E-state index contributed by atoms with van der Waals surface area (Å²) in [7, 11) is 3.06. The number of hydrogen-bond acceptors (Lipinski definition) is 1. The lowest BCUT2D eigenvalue weighted by Crippen LogP contribution is -2.47. The van der Waals surface area contributed by atoms with Crippen LogP contribution in [0.25, 0.3) is 0 Å². The van der Waals surface area contributed by atoms with Crippen molar-refractivity contribution in [2.24, 2.45) is 0 Å². The van der Waals surface area contributed by atoms with Crippen molar-refractivity contribution in [3.05, 3.63) is 0 Å². The maximum absolute atomic E-state index is 13.0. The molecule has 1 aliphatic rings. The summed E-state index contributed by atoms with van der Waals surface area (Å²) in [4.78, 5) is 12.3. The smallest absolute Gasteiger partial charge is 0.317 e. The summed E-state index contributed by atoms with van der Waals surface area (Å²) in [6, 6.07) is -1.44. The van der Waals surface area contributed by atoms with Crippen LogP contribution in [0, 0.1) is 0 Å². The highest BCUT2D eigenvalue weighted by molar-refractivity contribution is 5.74. The zero-order valence-electron chi connectivity index (χ0n) is 7.81. The molecule has 1 rings (SSSR count). The first-order valence-electron chi connectivity index (χ1n) is 4.29. The first kappa shape index (κ1) is 10.2. The van der Waals surface area contributed by atoms with E-state index in [0.717, 1.165) is 0 Å². The van der Waals surface area contributed by atoms with Gasteiger partial charge in [-0.1, -0.05) is 0 Å². The van der Waals surface area contributed by atoms with Crippen LogP contribution in [-0.4, -0.2) is 37.0 Å². The number of amides is 2. The molecule has 0 aromatic carbocycles. The molecule has 0 radical (unpaired) electrons. The third kappa shape index (κ3) is 2.29. The van der Waals surface area contributed by atoms with Crippen LogP contribution in [0.4, 0.5) is 13.6 Å². The van der Waals surface area contributed by atoms with Gasteiger partial charge in [0.2, 0.25) is 0 Å². The van der Waals surface area contributed by atoms with Gasteiger partial charge in [0.05, 0.1) is 6.04 Å². The van der Waals surface area contributed by atoms with E-state index in [4.69, 9.17) is 0 Å². The summed E-state index contributed by atoms with van der Waals surface area (Å²) >= 11 is 0. The Morgan fingerprint density at radius 1 is 1.54 bits per heavy atom. The lowest BCUT2D eigenvalue weighted by atomic mass is 10.2. The standard InChI is InChI=1S/C8H14F2N2O/c1-12(2)7(13)11-6-4-3-5-8(6,9)10/h6H,3-5H2,1-2H3,(H,11,13). The van der Waals surface area contributed by atoms with Gasteiger partial charge in [0.15, 0.2) is 0 Å². The van der Waals surface area contributed by atoms with Gasteiger partial charge in [-0.15, -0.1) is 0 Å². The van der Waals surface area contributed by atoms with Crippen LogP contribution in [0.5, 0.6) is 0 Å². The van der Waals surface area contributed by atoms with Gasteiger partial charge >= 0.3 is 6.03 Å². The van der Waals surface area contributed by atoms with Gasteiger partial charge in [-0.05, 0) is 12.8 Å². The van der Waals surface area contributed by atoms with Crippen molar-refractivity contribution in [2.75, 3.05) is 14.1 Å². The lowest BCUT2D eigenvalue weighted by Gasteiger charge is -2.22. The Hall–Kier alpha value is -0.870. The van der Waals surface area contributed by atoms with Crippen molar-refractivity contribution in [3.63, 3.8) is 0 Å². The van der Waals surface area contributed by atoms with E-state index in [1.54, 1.807) is 0 Å². The van der Waals surface area contributed by atoms with Crippen LogP contribution >= 0.6 is 0 Å². The normalized spacial score (nSPS) is 25.7. The predicted octanol–water partition coefficient (Wildman–Crippen LogP) is 1.45. The van der Waals surface area contributed by atoms with Crippen LogP contribution in [0.2, 0.25) is 0 Å². The predicted molar refractivity (Wildman–Crippen MR) is 44.8 cm³/mol. The van der Waals surface area contributed by atoms with Crippen molar-refractivity contribution in [1.82, 2.24) is 10.2 Å². The van der Waals surface area contributed by atoms with Crippen molar-refractivity contribution < 1.29 is 13.6 Å². The van der Waals surface area contributed by atoms with Gasteiger partial charge in [0.1, 0.15) is 0 Å². The van der Waals surface area contributed by atoms with Crippen LogP contribution in [0.3, 0.4) is 0 Å². The maximum atomic E-state index is 13.0. The van der Waals surface area contributed by atoms with E-state index in [-0.39, 0.29) is 6.42 Å². The van der Waals surface area contributed by atoms with Crippen molar-refractivity contribution in [3.8, 4) is 0 Å². The number of carbonyl (C=O) groups excluding carboxylic acids is 1. The van der Waals surface area contributed by atoms with E-state index in [1.165, 1.54) is 19.0 Å². The molecule has 1 atom stereocenters. The minimum Gasteiger partial charge on any atom is -0.331 e. The molecule has 1 aliphatic carbocycles. The van der Waals surface area contributed by atoms with E-state index in [2.05, 4.69) is 5.32 Å². The lowest BCUT2D eigenvalue weighted by molar-refractivity contribution is -0.0152.